The first-order chi connectivity index (χ1) is 12.1. The van der Waals surface area contributed by atoms with Crippen molar-refractivity contribution in [3.63, 3.8) is 0 Å². The molecule has 0 unspecified atom stereocenters. The Bertz CT molecular complexity index is 908. The molecule has 0 aliphatic carbocycles. The number of hydrogen-bond acceptors (Lipinski definition) is 5. The number of hydrogen-bond donors (Lipinski definition) is 1. The Morgan fingerprint density at radius 3 is 2.64 bits per heavy atom. The van der Waals surface area contributed by atoms with Crippen molar-refractivity contribution in [1.29, 1.82) is 0 Å². The van der Waals surface area contributed by atoms with Crippen LogP contribution in [0.1, 0.15) is 20.7 Å². The van der Waals surface area contributed by atoms with Gasteiger partial charge in [-0.25, -0.2) is 0 Å². The van der Waals surface area contributed by atoms with E-state index >= 15 is 0 Å². The van der Waals surface area contributed by atoms with Crippen molar-refractivity contribution in [1.82, 2.24) is 4.90 Å². The van der Waals surface area contributed by atoms with E-state index in [0.29, 0.717) is 11.5 Å². The minimum Gasteiger partial charge on any atom is -0.485 e. The number of para-hydroxylation sites is 2. The maximum absolute atomic E-state index is 12.5. The Kier molecular flexibility index (Phi) is 3.42. The molecule has 126 valence electrons. The van der Waals surface area contributed by atoms with Gasteiger partial charge in [-0.2, -0.15) is 0 Å². The molecule has 7 nitrogen and oxygen atoms in total. The lowest BCUT2D eigenvalue weighted by Gasteiger charge is -2.25. The lowest BCUT2D eigenvalue weighted by atomic mass is 10.1. The number of rotatable bonds is 2. The van der Waals surface area contributed by atoms with Gasteiger partial charge in [-0.1, -0.05) is 18.2 Å². The van der Waals surface area contributed by atoms with Gasteiger partial charge in [0.2, 0.25) is 6.10 Å². The summed E-state index contributed by atoms with van der Waals surface area (Å²) < 4.78 is 11.2. The Morgan fingerprint density at radius 2 is 1.84 bits per heavy atom. The van der Waals surface area contributed by atoms with Gasteiger partial charge in [0.1, 0.15) is 6.61 Å². The number of anilines is 1. The van der Waals surface area contributed by atoms with Gasteiger partial charge in [-0.3, -0.25) is 19.3 Å². The fraction of sp³-hybridized carbons (Fsp3) is 0.167. The summed E-state index contributed by atoms with van der Waals surface area (Å²) in [6.45, 7) is 0.0602. The zero-order valence-electron chi connectivity index (χ0n) is 13.3. The summed E-state index contributed by atoms with van der Waals surface area (Å²) >= 11 is 0. The molecule has 3 amide bonds. The zero-order valence-corrected chi connectivity index (χ0v) is 13.3. The summed E-state index contributed by atoms with van der Waals surface area (Å²) in [7, 11) is 1.41. The van der Waals surface area contributed by atoms with Crippen molar-refractivity contribution in [2.45, 2.75) is 6.10 Å². The predicted octanol–water partition coefficient (Wildman–Crippen LogP) is 1.69. The molecule has 0 saturated carbocycles. The van der Waals surface area contributed by atoms with E-state index in [1.807, 2.05) is 6.07 Å². The number of benzene rings is 2. The van der Waals surface area contributed by atoms with E-state index in [9.17, 15) is 14.4 Å². The average molecular weight is 338 g/mol. The van der Waals surface area contributed by atoms with Crippen LogP contribution in [0.2, 0.25) is 0 Å². The molecule has 0 spiro atoms. The van der Waals surface area contributed by atoms with Crippen LogP contribution < -0.4 is 14.8 Å². The molecule has 7 heteroatoms. The molecule has 2 aliphatic heterocycles. The lowest BCUT2D eigenvalue weighted by molar-refractivity contribution is -0.125. The molecule has 2 aromatic rings. The summed E-state index contributed by atoms with van der Waals surface area (Å²) in [5, 5.41) is 2.67. The second-order valence-corrected chi connectivity index (χ2v) is 5.75. The second kappa shape index (κ2) is 5.62. The Labute approximate surface area is 143 Å². The van der Waals surface area contributed by atoms with Crippen molar-refractivity contribution in [3.05, 3.63) is 53.6 Å². The van der Waals surface area contributed by atoms with E-state index < -0.39 is 17.9 Å². The van der Waals surface area contributed by atoms with Gasteiger partial charge in [0.05, 0.1) is 16.8 Å². The van der Waals surface area contributed by atoms with Gasteiger partial charge in [-0.15, -0.1) is 0 Å². The van der Waals surface area contributed by atoms with E-state index in [-0.39, 0.29) is 29.3 Å². The van der Waals surface area contributed by atoms with E-state index in [1.54, 1.807) is 36.4 Å². The fourth-order valence-corrected chi connectivity index (χ4v) is 2.87. The van der Waals surface area contributed by atoms with Crippen molar-refractivity contribution >= 4 is 23.4 Å². The number of ether oxygens (including phenoxy) is 2. The normalized spacial score (nSPS) is 18.1. The summed E-state index contributed by atoms with van der Waals surface area (Å²) in [5.41, 5.74) is 0.754. The van der Waals surface area contributed by atoms with Gasteiger partial charge < -0.3 is 14.8 Å². The highest BCUT2D eigenvalue weighted by Gasteiger charge is 2.36. The van der Waals surface area contributed by atoms with E-state index in [1.165, 1.54) is 7.05 Å². The molecule has 25 heavy (non-hydrogen) atoms. The Balaban J connectivity index is 1.58. The highest BCUT2D eigenvalue weighted by atomic mass is 16.6. The van der Waals surface area contributed by atoms with Gasteiger partial charge in [0.15, 0.2) is 11.5 Å². The molecular weight excluding hydrogens is 324 g/mol. The van der Waals surface area contributed by atoms with Crippen molar-refractivity contribution in [2.24, 2.45) is 0 Å². The Hall–Kier alpha value is -3.35. The summed E-state index contributed by atoms with van der Waals surface area (Å²) in [4.78, 5) is 37.8. The molecular formula is C18H14N2O5. The molecule has 2 heterocycles. The lowest BCUT2D eigenvalue weighted by Crippen LogP contribution is -2.40. The van der Waals surface area contributed by atoms with Crippen LogP contribution in [0, 0.1) is 0 Å². The van der Waals surface area contributed by atoms with E-state index in [0.717, 1.165) is 4.90 Å². The molecule has 4 rings (SSSR count). The van der Waals surface area contributed by atoms with Crippen LogP contribution in [0.5, 0.6) is 11.5 Å². The van der Waals surface area contributed by atoms with Crippen LogP contribution in [0.3, 0.4) is 0 Å². The van der Waals surface area contributed by atoms with Crippen LogP contribution in [0.25, 0.3) is 0 Å². The standard InChI is InChI=1S/C18H14N2O5/c1-20-17(22)10-5-4-6-11(15(10)18(20)23)19-16(21)14-9-24-12-7-2-3-8-13(12)25-14/h2-8,14H,9H2,1H3,(H,19,21)/t14-/m0/s1. The van der Waals surface area contributed by atoms with Crippen molar-refractivity contribution in [3.8, 4) is 11.5 Å². The summed E-state index contributed by atoms with van der Waals surface area (Å²) in [6, 6.07) is 11.8. The maximum Gasteiger partial charge on any atom is 0.269 e. The quantitative estimate of drug-likeness (QED) is 0.843. The first-order valence-corrected chi connectivity index (χ1v) is 7.71. The number of fused-ring (bicyclic) bond motifs is 2. The zero-order chi connectivity index (χ0) is 17.6. The Morgan fingerprint density at radius 1 is 1.08 bits per heavy atom. The number of imide groups is 1. The first-order valence-electron chi connectivity index (χ1n) is 7.71. The van der Waals surface area contributed by atoms with Crippen molar-refractivity contribution < 1.29 is 23.9 Å². The van der Waals surface area contributed by atoms with Crippen LogP contribution in [0.4, 0.5) is 5.69 Å². The SMILES string of the molecule is CN1C(=O)c2cccc(NC(=O)[C@@H]3COc4ccccc4O3)c2C1=O. The fourth-order valence-electron chi connectivity index (χ4n) is 2.87. The van der Waals surface area contributed by atoms with Gasteiger partial charge in [0, 0.05) is 7.05 Å². The molecule has 1 atom stereocenters. The molecule has 0 bridgehead atoms. The predicted molar refractivity (Wildman–Crippen MR) is 87.8 cm³/mol. The minimum atomic E-state index is -0.851. The van der Waals surface area contributed by atoms with E-state index in [4.69, 9.17) is 9.47 Å². The summed E-state index contributed by atoms with van der Waals surface area (Å²) in [6.07, 6.45) is -0.851. The molecule has 2 aliphatic rings. The highest BCUT2D eigenvalue weighted by molar-refractivity contribution is 6.24. The number of nitrogens with one attached hydrogen (secondary N) is 1. The number of nitrogens with zero attached hydrogens (tertiary/aromatic N) is 1. The number of carbonyl (C=O) groups excluding carboxylic acids is 3. The monoisotopic (exact) mass is 338 g/mol. The smallest absolute Gasteiger partial charge is 0.269 e. The first kappa shape index (κ1) is 15.2. The van der Waals surface area contributed by atoms with Crippen LogP contribution in [0.15, 0.2) is 42.5 Å². The van der Waals surface area contributed by atoms with Crippen LogP contribution in [-0.4, -0.2) is 42.4 Å². The summed E-state index contributed by atoms with van der Waals surface area (Å²) in [5.74, 6) is -0.213. The molecule has 1 N–H and O–H groups in total. The molecule has 0 fully saturated rings. The molecule has 0 saturated heterocycles. The number of amides is 3. The average Bonchev–Trinajstić information content (AvgIpc) is 2.86. The topological polar surface area (TPSA) is 84.9 Å². The maximum atomic E-state index is 12.5. The van der Waals surface area contributed by atoms with Crippen molar-refractivity contribution in [2.75, 3.05) is 19.0 Å². The third-order valence-corrected chi connectivity index (χ3v) is 4.18. The van der Waals surface area contributed by atoms with Gasteiger partial charge >= 0.3 is 0 Å². The molecule has 2 aromatic carbocycles. The highest BCUT2D eigenvalue weighted by Crippen LogP contribution is 2.32. The van der Waals surface area contributed by atoms with Gasteiger partial charge in [-0.05, 0) is 24.3 Å². The van der Waals surface area contributed by atoms with E-state index in [2.05, 4.69) is 5.32 Å². The number of carbonyl (C=O) groups is 3. The molecule has 0 radical (unpaired) electrons. The van der Waals surface area contributed by atoms with Crippen LogP contribution in [-0.2, 0) is 4.79 Å². The largest absolute Gasteiger partial charge is 0.485 e. The second-order valence-electron chi connectivity index (χ2n) is 5.75. The minimum absolute atomic E-state index is 0.0602. The van der Waals surface area contributed by atoms with Gasteiger partial charge in [0.25, 0.3) is 17.7 Å². The third kappa shape index (κ3) is 2.40. The van der Waals surface area contributed by atoms with Crippen LogP contribution >= 0.6 is 0 Å². The molecule has 0 aromatic heterocycles. The third-order valence-electron chi connectivity index (χ3n) is 4.18.